The predicted molar refractivity (Wildman–Crippen MR) is 116 cm³/mol. The number of aryl methyl sites for hydroxylation is 1. The monoisotopic (exact) mass is 427 g/mol. The number of rotatable bonds is 8. The van der Waals surface area contributed by atoms with Gasteiger partial charge in [-0.15, -0.1) is 0 Å². The normalized spacial score (nSPS) is 18.8. The van der Waals surface area contributed by atoms with E-state index in [1.807, 2.05) is 0 Å². The molecule has 6 nitrogen and oxygen atoms in total. The number of nitrogens with two attached hydrogens (primary N) is 1. The van der Waals surface area contributed by atoms with Gasteiger partial charge in [0.15, 0.2) is 0 Å². The van der Waals surface area contributed by atoms with Gasteiger partial charge in [-0.1, -0.05) is 36.4 Å². The Hall–Kier alpha value is -2.22. The van der Waals surface area contributed by atoms with Crippen LogP contribution in [0.15, 0.2) is 53.4 Å². The van der Waals surface area contributed by atoms with Crippen molar-refractivity contribution in [2.45, 2.75) is 55.5 Å². The van der Waals surface area contributed by atoms with Crippen molar-refractivity contribution < 1.29 is 13.2 Å². The molecule has 7 heteroatoms. The van der Waals surface area contributed by atoms with Crippen LogP contribution in [-0.2, 0) is 27.7 Å². The molecule has 1 saturated carbocycles. The summed E-state index contributed by atoms with van der Waals surface area (Å²) in [5, 5.41) is 8.15. The molecular weight excluding hydrogens is 398 g/mol. The van der Waals surface area contributed by atoms with Gasteiger partial charge < -0.3 is 5.32 Å². The zero-order valence-electron chi connectivity index (χ0n) is 17.1. The van der Waals surface area contributed by atoms with E-state index in [9.17, 15) is 13.2 Å². The lowest BCUT2D eigenvalue weighted by atomic mass is 9.86. The highest BCUT2D eigenvalue weighted by molar-refractivity contribution is 7.89. The van der Waals surface area contributed by atoms with Gasteiger partial charge in [-0.05, 0) is 67.3 Å². The second kappa shape index (κ2) is 8.88. The number of sulfonamides is 1. The predicted octanol–water partition coefficient (Wildman–Crippen LogP) is 2.53. The van der Waals surface area contributed by atoms with Crippen LogP contribution in [0.2, 0.25) is 0 Å². The van der Waals surface area contributed by atoms with E-state index in [1.54, 1.807) is 12.1 Å². The van der Waals surface area contributed by atoms with Crippen LogP contribution in [0.5, 0.6) is 0 Å². The molecule has 4 rings (SSSR count). The molecule has 1 amide bonds. The Morgan fingerprint density at radius 2 is 1.80 bits per heavy atom. The van der Waals surface area contributed by atoms with Crippen LogP contribution in [0.4, 0.5) is 0 Å². The number of fused-ring (bicyclic) bond motifs is 1. The van der Waals surface area contributed by atoms with E-state index in [-0.39, 0.29) is 10.8 Å². The second-order valence-corrected chi connectivity index (χ2v) is 9.86. The lowest BCUT2D eigenvalue weighted by Crippen LogP contribution is -2.42. The molecule has 2 aromatic rings. The van der Waals surface area contributed by atoms with Crippen molar-refractivity contribution in [3.05, 3.63) is 65.2 Å². The summed E-state index contributed by atoms with van der Waals surface area (Å²) in [6.45, 7) is 0.946. The maximum absolute atomic E-state index is 12.7. The molecule has 2 aliphatic rings. The molecule has 0 saturated heterocycles. The number of hydrogen-bond donors (Lipinski definition) is 2. The first-order valence-electron chi connectivity index (χ1n) is 10.6. The Morgan fingerprint density at radius 3 is 2.50 bits per heavy atom. The Bertz CT molecular complexity index is 1000. The van der Waals surface area contributed by atoms with Crippen molar-refractivity contribution in [2.24, 2.45) is 5.14 Å². The van der Waals surface area contributed by atoms with Crippen LogP contribution < -0.4 is 10.5 Å². The largest absolute Gasteiger partial charge is 0.355 e. The quantitative estimate of drug-likeness (QED) is 0.677. The number of nitrogens with zero attached hydrogens (tertiary/aromatic N) is 1. The Kier molecular flexibility index (Phi) is 6.22. The zero-order valence-corrected chi connectivity index (χ0v) is 17.9. The van der Waals surface area contributed by atoms with E-state index in [0.717, 1.165) is 18.4 Å². The first-order chi connectivity index (χ1) is 14.4. The van der Waals surface area contributed by atoms with Gasteiger partial charge in [0.1, 0.15) is 0 Å². The maximum Gasteiger partial charge on any atom is 0.238 e. The van der Waals surface area contributed by atoms with Crippen molar-refractivity contribution in [3.63, 3.8) is 0 Å². The summed E-state index contributed by atoms with van der Waals surface area (Å²) in [6, 6.07) is 16.0. The number of amides is 1. The number of benzene rings is 2. The maximum atomic E-state index is 12.7. The van der Waals surface area contributed by atoms with E-state index in [0.29, 0.717) is 31.6 Å². The van der Waals surface area contributed by atoms with Gasteiger partial charge in [-0.3, -0.25) is 9.69 Å². The Labute approximate surface area is 178 Å². The minimum absolute atomic E-state index is 0.0473. The van der Waals surface area contributed by atoms with Crippen molar-refractivity contribution in [1.29, 1.82) is 0 Å². The molecule has 0 radical (unpaired) electrons. The molecule has 1 atom stereocenters. The topological polar surface area (TPSA) is 92.5 Å². The van der Waals surface area contributed by atoms with Gasteiger partial charge >= 0.3 is 0 Å². The number of hydrogen-bond acceptors (Lipinski definition) is 4. The molecule has 2 aromatic carbocycles. The van der Waals surface area contributed by atoms with Gasteiger partial charge in [-0.2, -0.15) is 0 Å². The molecule has 0 spiro atoms. The summed E-state index contributed by atoms with van der Waals surface area (Å²) < 4.78 is 22.7. The van der Waals surface area contributed by atoms with Gasteiger partial charge in [0.2, 0.25) is 15.9 Å². The van der Waals surface area contributed by atoms with Crippen LogP contribution in [0.25, 0.3) is 0 Å². The highest BCUT2D eigenvalue weighted by Crippen LogP contribution is 2.40. The number of carbonyl (C=O) groups is 1. The molecular formula is C23H29N3O3S. The average Bonchev–Trinajstić information content (AvgIpc) is 3.57. The highest BCUT2D eigenvalue weighted by Gasteiger charge is 2.37. The number of carbonyl (C=O) groups excluding carboxylic acids is 1. The van der Waals surface area contributed by atoms with Crippen molar-refractivity contribution >= 4 is 15.9 Å². The van der Waals surface area contributed by atoms with E-state index in [4.69, 9.17) is 5.14 Å². The molecule has 0 aromatic heterocycles. The molecule has 0 unspecified atom stereocenters. The van der Waals surface area contributed by atoms with E-state index >= 15 is 0 Å². The molecule has 0 heterocycles. The van der Waals surface area contributed by atoms with Crippen LogP contribution in [0.3, 0.4) is 0 Å². The van der Waals surface area contributed by atoms with Crippen molar-refractivity contribution in [2.75, 3.05) is 13.1 Å². The second-order valence-electron chi connectivity index (χ2n) is 8.30. The summed E-state index contributed by atoms with van der Waals surface area (Å²) >= 11 is 0. The summed E-state index contributed by atoms with van der Waals surface area (Å²) in [5.74, 6) is 0.0473. The lowest BCUT2D eigenvalue weighted by molar-refractivity contribution is -0.123. The molecule has 2 aliphatic carbocycles. The first-order valence-corrected chi connectivity index (χ1v) is 12.2. The van der Waals surface area contributed by atoms with E-state index < -0.39 is 10.0 Å². The molecule has 160 valence electrons. The summed E-state index contributed by atoms with van der Waals surface area (Å²) in [4.78, 5) is 15.2. The highest BCUT2D eigenvalue weighted by atomic mass is 32.2. The Morgan fingerprint density at radius 1 is 1.07 bits per heavy atom. The van der Waals surface area contributed by atoms with Gasteiger partial charge in [0, 0.05) is 18.6 Å². The first kappa shape index (κ1) is 21.0. The lowest BCUT2D eigenvalue weighted by Gasteiger charge is -2.35. The van der Waals surface area contributed by atoms with Gasteiger partial charge in [-0.25, -0.2) is 13.6 Å². The standard InChI is InChI=1S/C23H29N3O3S/c24-30(28,29)20-12-8-17(9-13-20)14-15-25-23(27)16-26(19-10-11-19)22-7-3-5-18-4-1-2-6-21(18)22/h1-2,4,6,8-9,12-13,19,22H,3,5,7,10-11,14-16H2,(H,25,27)(H2,24,28,29)/t22-/m0/s1. The molecule has 0 aliphatic heterocycles. The fourth-order valence-electron chi connectivity index (χ4n) is 4.39. The smallest absolute Gasteiger partial charge is 0.238 e. The summed E-state index contributed by atoms with van der Waals surface area (Å²) in [5.41, 5.74) is 3.77. The third-order valence-electron chi connectivity index (χ3n) is 6.07. The van der Waals surface area contributed by atoms with Crippen LogP contribution in [0.1, 0.15) is 48.4 Å². The fourth-order valence-corrected chi connectivity index (χ4v) is 4.90. The van der Waals surface area contributed by atoms with E-state index in [2.05, 4.69) is 34.5 Å². The van der Waals surface area contributed by atoms with Crippen LogP contribution in [0, 0.1) is 0 Å². The zero-order chi connectivity index (χ0) is 21.1. The Balaban J connectivity index is 1.33. The molecule has 3 N–H and O–H groups in total. The third kappa shape index (κ3) is 5.09. The minimum atomic E-state index is -3.68. The SMILES string of the molecule is NS(=O)(=O)c1ccc(CCNC(=O)CN(C2CC2)[C@H]2CCCc3ccccc32)cc1. The molecule has 1 fully saturated rings. The molecule has 30 heavy (non-hydrogen) atoms. The van der Waals surface area contributed by atoms with E-state index in [1.165, 1.54) is 42.5 Å². The number of primary sulfonamides is 1. The van der Waals surface area contributed by atoms with Crippen molar-refractivity contribution in [3.8, 4) is 0 Å². The van der Waals surface area contributed by atoms with Gasteiger partial charge in [0.05, 0.1) is 11.4 Å². The van der Waals surface area contributed by atoms with Crippen LogP contribution >= 0.6 is 0 Å². The number of nitrogens with one attached hydrogen (secondary N) is 1. The third-order valence-corrected chi connectivity index (χ3v) is 7.00. The molecule has 0 bridgehead atoms. The summed E-state index contributed by atoms with van der Waals surface area (Å²) in [6.07, 6.45) is 6.39. The average molecular weight is 428 g/mol. The summed E-state index contributed by atoms with van der Waals surface area (Å²) in [7, 11) is -3.68. The van der Waals surface area contributed by atoms with Crippen LogP contribution in [-0.4, -0.2) is 38.4 Å². The minimum Gasteiger partial charge on any atom is -0.355 e. The van der Waals surface area contributed by atoms with Crippen molar-refractivity contribution in [1.82, 2.24) is 10.2 Å². The van der Waals surface area contributed by atoms with Gasteiger partial charge in [0.25, 0.3) is 0 Å². The fraction of sp³-hybridized carbons (Fsp3) is 0.435.